The lowest BCUT2D eigenvalue weighted by molar-refractivity contribution is 1.06. The van der Waals surface area contributed by atoms with Crippen molar-refractivity contribution in [1.82, 2.24) is 14.8 Å². The summed E-state index contributed by atoms with van der Waals surface area (Å²) in [6.45, 7) is 2.04. The number of benzene rings is 1. The first kappa shape index (κ1) is 10.9. The molecule has 0 amide bonds. The van der Waals surface area contributed by atoms with Gasteiger partial charge in [0.15, 0.2) is 0 Å². The maximum absolute atomic E-state index is 3.71. The second kappa shape index (κ2) is 6.32. The predicted molar refractivity (Wildman–Crippen MR) is 60.8 cm³/mol. The number of aromatic nitrogens is 3. The smallest absolute Gasteiger partial charge is 0.123 e. The molecule has 4 heteroatoms. The van der Waals surface area contributed by atoms with Gasteiger partial charge in [-0.1, -0.05) is 41.1 Å². The van der Waals surface area contributed by atoms with Crippen LogP contribution < -0.4 is 0 Å². The van der Waals surface area contributed by atoms with Gasteiger partial charge < -0.3 is 0 Å². The van der Waals surface area contributed by atoms with Crippen molar-refractivity contribution >= 4 is 15.9 Å². The molecule has 0 aliphatic rings. The highest BCUT2D eigenvalue weighted by Crippen LogP contribution is 2.03. The normalized spacial score (nSPS) is 9.00. The second-order valence-electron chi connectivity index (χ2n) is 2.47. The van der Waals surface area contributed by atoms with E-state index in [1.54, 1.807) is 12.7 Å². The van der Waals surface area contributed by atoms with Crippen LogP contribution in [-0.4, -0.2) is 20.1 Å². The first-order valence-corrected chi connectivity index (χ1v) is 5.46. The molecule has 1 aromatic carbocycles. The Labute approximate surface area is 91.9 Å². The molecule has 0 unspecified atom stereocenters. The van der Waals surface area contributed by atoms with E-state index in [9.17, 15) is 0 Å². The lowest BCUT2D eigenvalue weighted by atomic mass is 10.3. The summed E-state index contributed by atoms with van der Waals surface area (Å²) in [7, 11) is 0. The Bertz CT molecular complexity index is 332. The van der Waals surface area contributed by atoms with E-state index in [-0.39, 0.29) is 0 Å². The summed E-state index contributed by atoms with van der Waals surface area (Å²) in [5.41, 5.74) is 1.08. The quantitative estimate of drug-likeness (QED) is 0.732. The van der Waals surface area contributed by atoms with Crippen LogP contribution in [0.1, 0.15) is 6.92 Å². The fraction of sp³-hybridized carbons (Fsp3) is 0.200. The Balaban J connectivity index is 0.000000293. The van der Waals surface area contributed by atoms with Gasteiger partial charge in [0.1, 0.15) is 12.7 Å². The van der Waals surface area contributed by atoms with Crippen LogP contribution in [0.3, 0.4) is 0 Å². The molecule has 14 heavy (non-hydrogen) atoms. The molecule has 3 nitrogen and oxygen atoms in total. The molecule has 0 fully saturated rings. The van der Waals surface area contributed by atoms with E-state index in [0.29, 0.717) is 0 Å². The molecule has 2 rings (SSSR count). The Kier molecular flexibility index (Phi) is 4.93. The Morgan fingerprint density at radius 1 is 1.14 bits per heavy atom. The van der Waals surface area contributed by atoms with Gasteiger partial charge in [-0.15, -0.1) is 10.2 Å². The van der Waals surface area contributed by atoms with Crippen molar-refractivity contribution in [3.8, 4) is 5.69 Å². The summed E-state index contributed by atoms with van der Waals surface area (Å²) in [4.78, 5) is 0. The zero-order valence-corrected chi connectivity index (χ0v) is 9.55. The molecule has 0 radical (unpaired) electrons. The predicted octanol–water partition coefficient (Wildman–Crippen LogP) is 2.67. The molecule has 0 N–H and O–H groups in total. The second-order valence-corrected chi connectivity index (χ2v) is 3.59. The lowest BCUT2D eigenvalue weighted by Gasteiger charge is -1.97. The van der Waals surface area contributed by atoms with E-state index in [4.69, 9.17) is 0 Å². The molecule has 74 valence electrons. The van der Waals surface area contributed by atoms with E-state index in [0.717, 1.165) is 11.0 Å². The van der Waals surface area contributed by atoms with Gasteiger partial charge in [0, 0.05) is 11.0 Å². The molecule has 1 heterocycles. The number of rotatable bonds is 1. The molecule has 0 spiro atoms. The van der Waals surface area contributed by atoms with Crippen molar-refractivity contribution in [1.29, 1.82) is 0 Å². The van der Waals surface area contributed by atoms with Gasteiger partial charge in [0.05, 0.1) is 0 Å². The van der Waals surface area contributed by atoms with E-state index in [1.807, 2.05) is 41.8 Å². The van der Waals surface area contributed by atoms with Crippen molar-refractivity contribution in [2.75, 3.05) is 5.33 Å². The summed E-state index contributed by atoms with van der Waals surface area (Å²) in [5.74, 6) is 0. The fourth-order valence-electron chi connectivity index (χ4n) is 0.934. The minimum atomic E-state index is 1.06. The van der Waals surface area contributed by atoms with Crippen molar-refractivity contribution < 1.29 is 0 Å². The monoisotopic (exact) mass is 253 g/mol. The molecule has 0 saturated heterocycles. The SMILES string of the molecule is CCBr.c1ccc(-n2cnnc2)cc1. The third-order valence-electron chi connectivity index (χ3n) is 1.47. The number of nitrogens with zero attached hydrogens (tertiary/aromatic N) is 3. The van der Waals surface area contributed by atoms with Crippen molar-refractivity contribution in [2.24, 2.45) is 0 Å². The summed E-state index contributed by atoms with van der Waals surface area (Å²) >= 11 is 3.15. The fourth-order valence-corrected chi connectivity index (χ4v) is 0.934. The van der Waals surface area contributed by atoms with Crippen LogP contribution in [0.25, 0.3) is 5.69 Å². The van der Waals surface area contributed by atoms with Crippen LogP contribution >= 0.6 is 15.9 Å². The number of halogens is 1. The molecular formula is C10H12BrN3. The maximum Gasteiger partial charge on any atom is 0.123 e. The lowest BCUT2D eigenvalue weighted by Crippen LogP contribution is -1.87. The van der Waals surface area contributed by atoms with E-state index < -0.39 is 0 Å². The van der Waals surface area contributed by atoms with E-state index in [1.165, 1.54) is 0 Å². The summed E-state index contributed by atoms with van der Waals surface area (Å²) in [6, 6.07) is 9.95. The van der Waals surface area contributed by atoms with E-state index in [2.05, 4.69) is 26.1 Å². The third kappa shape index (κ3) is 3.30. The van der Waals surface area contributed by atoms with Gasteiger partial charge in [0.25, 0.3) is 0 Å². The molecule has 2 aromatic rings. The van der Waals surface area contributed by atoms with Crippen molar-refractivity contribution in [3.05, 3.63) is 43.0 Å². The number of hydrogen-bond acceptors (Lipinski definition) is 2. The molecule has 0 atom stereocenters. The summed E-state index contributed by atoms with van der Waals surface area (Å²) in [5, 5.41) is 8.49. The van der Waals surface area contributed by atoms with Gasteiger partial charge >= 0.3 is 0 Å². The topological polar surface area (TPSA) is 30.7 Å². The molecular weight excluding hydrogens is 242 g/mol. The Morgan fingerprint density at radius 3 is 2.14 bits per heavy atom. The van der Waals surface area contributed by atoms with Crippen LogP contribution in [0.2, 0.25) is 0 Å². The highest BCUT2D eigenvalue weighted by atomic mass is 79.9. The largest absolute Gasteiger partial charge is 0.288 e. The van der Waals surface area contributed by atoms with Crippen LogP contribution in [0.5, 0.6) is 0 Å². The summed E-state index contributed by atoms with van der Waals surface area (Å²) < 4.78 is 1.86. The number of para-hydroxylation sites is 1. The molecule has 0 aliphatic heterocycles. The van der Waals surface area contributed by atoms with Crippen LogP contribution in [-0.2, 0) is 0 Å². The Morgan fingerprint density at radius 2 is 1.64 bits per heavy atom. The minimum Gasteiger partial charge on any atom is -0.288 e. The number of hydrogen-bond donors (Lipinski definition) is 0. The Hall–Kier alpha value is -1.16. The van der Waals surface area contributed by atoms with Gasteiger partial charge in [-0.3, -0.25) is 4.57 Å². The van der Waals surface area contributed by atoms with Gasteiger partial charge in [-0.25, -0.2) is 0 Å². The van der Waals surface area contributed by atoms with Gasteiger partial charge in [-0.2, -0.15) is 0 Å². The molecule has 1 aromatic heterocycles. The van der Waals surface area contributed by atoms with Crippen LogP contribution in [0.15, 0.2) is 43.0 Å². The van der Waals surface area contributed by atoms with Crippen molar-refractivity contribution in [3.63, 3.8) is 0 Å². The first-order valence-electron chi connectivity index (χ1n) is 4.34. The third-order valence-corrected chi connectivity index (χ3v) is 1.47. The van der Waals surface area contributed by atoms with Crippen molar-refractivity contribution in [2.45, 2.75) is 6.92 Å². The van der Waals surface area contributed by atoms with Gasteiger partial charge in [0.2, 0.25) is 0 Å². The average Bonchev–Trinajstić information content (AvgIpc) is 2.73. The summed E-state index contributed by atoms with van der Waals surface area (Å²) in [6.07, 6.45) is 3.35. The van der Waals surface area contributed by atoms with Crippen LogP contribution in [0, 0.1) is 0 Å². The van der Waals surface area contributed by atoms with Crippen LogP contribution in [0.4, 0.5) is 0 Å². The molecule has 0 bridgehead atoms. The maximum atomic E-state index is 3.71. The minimum absolute atomic E-state index is 1.06. The van der Waals surface area contributed by atoms with E-state index >= 15 is 0 Å². The zero-order valence-electron chi connectivity index (χ0n) is 7.97. The average molecular weight is 254 g/mol. The zero-order chi connectivity index (χ0) is 10.2. The number of alkyl halides is 1. The standard InChI is InChI=1S/C8H7N3.C2H5Br/c1-2-4-8(5-3-1)11-6-9-10-7-11;1-2-3/h1-7H;2H2,1H3. The highest BCUT2D eigenvalue weighted by Gasteiger charge is 1.90. The molecule has 0 saturated carbocycles. The molecule has 0 aliphatic carbocycles. The first-order chi connectivity index (χ1) is 6.88. The van der Waals surface area contributed by atoms with Gasteiger partial charge in [-0.05, 0) is 12.1 Å². The highest BCUT2D eigenvalue weighted by molar-refractivity contribution is 9.09.